The van der Waals surface area contributed by atoms with Crippen LogP contribution in [0.1, 0.15) is 44.3 Å². The Hall–Kier alpha value is -1.68. The van der Waals surface area contributed by atoms with E-state index >= 15 is 0 Å². The number of hydrogen-bond donors (Lipinski definition) is 1. The van der Waals surface area contributed by atoms with Crippen molar-refractivity contribution in [3.05, 3.63) is 41.6 Å². The predicted molar refractivity (Wildman–Crippen MR) is 82.1 cm³/mol. The molecule has 2 rings (SSSR count). The van der Waals surface area contributed by atoms with Gasteiger partial charge in [0, 0.05) is 31.1 Å². The second-order valence-corrected chi connectivity index (χ2v) is 4.92. The molecule has 0 aliphatic rings. The molecule has 2 aromatic heterocycles. The normalized spacial score (nSPS) is 10.9. The fourth-order valence-corrected chi connectivity index (χ4v) is 2.32. The molecule has 0 saturated carbocycles. The van der Waals surface area contributed by atoms with Gasteiger partial charge in [-0.2, -0.15) is 0 Å². The van der Waals surface area contributed by atoms with Crippen molar-refractivity contribution in [2.45, 2.75) is 46.6 Å². The van der Waals surface area contributed by atoms with Crippen LogP contribution in [0.15, 0.2) is 24.5 Å². The first-order chi connectivity index (χ1) is 9.78. The van der Waals surface area contributed by atoms with Gasteiger partial charge in [0.25, 0.3) is 0 Å². The van der Waals surface area contributed by atoms with Crippen molar-refractivity contribution in [3.63, 3.8) is 0 Å². The molecule has 4 heteroatoms. The Kier molecular flexibility index (Phi) is 5.30. The van der Waals surface area contributed by atoms with Crippen molar-refractivity contribution >= 4 is 0 Å². The maximum Gasteiger partial charge on any atom is 0.138 e. The molecule has 108 valence electrons. The summed E-state index contributed by atoms with van der Waals surface area (Å²) in [6.07, 6.45) is 6.88. The Balaban J connectivity index is 2.38. The standard InChI is InChI=1S/C16H24N4/c1-4-7-14-10-13(12-17-6-3)11-16(19-14)20-9-8-18-15(20)5-2/h8-11,17H,4-7,12H2,1-3H3. The quantitative estimate of drug-likeness (QED) is 0.842. The minimum Gasteiger partial charge on any atom is -0.313 e. The summed E-state index contributed by atoms with van der Waals surface area (Å²) in [6, 6.07) is 4.36. The molecule has 0 unspecified atom stereocenters. The van der Waals surface area contributed by atoms with Gasteiger partial charge >= 0.3 is 0 Å². The molecule has 0 radical (unpaired) electrons. The van der Waals surface area contributed by atoms with Crippen LogP contribution in [-0.4, -0.2) is 21.1 Å². The second kappa shape index (κ2) is 7.20. The maximum atomic E-state index is 4.78. The van der Waals surface area contributed by atoms with Crippen molar-refractivity contribution in [3.8, 4) is 5.82 Å². The topological polar surface area (TPSA) is 42.7 Å². The summed E-state index contributed by atoms with van der Waals surface area (Å²) in [6.45, 7) is 8.30. The third-order valence-corrected chi connectivity index (χ3v) is 3.29. The van der Waals surface area contributed by atoms with Gasteiger partial charge in [-0.15, -0.1) is 0 Å². The molecule has 0 aliphatic carbocycles. The summed E-state index contributed by atoms with van der Waals surface area (Å²) >= 11 is 0. The van der Waals surface area contributed by atoms with Crippen LogP contribution in [-0.2, 0) is 19.4 Å². The second-order valence-electron chi connectivity index (χ2n) is 4.92. The van der Waals surface area contributed by atoms with Gasteiger partial charge in [0.05, 0.1) is 0 Å². The molecule has 0 saturated heterocycles. The maximum absolute atomic E-state index is 4.78. The average Bonchev–Trinajstić information content (AvgIpc) is 2.93. The van der Waals surface area contributed by atoms with Gasteiger partial charge in [0.15, 0.2) is 0 Å². The predicted octanol–water partition coefficient (Wildman–Crippen LogP) is 2.89. The van der Waals surface area contributed by atoms with E-state index in [4.69, 9.17) is 4.98 Å². The van der Waals surface area contributed by atoms with Crippen molar-refractivity contribution in [1.29, 1.82) is 0 Å². The van der Waals surface area contributed by atoms with E-state index in [1.54, 1.807) is 0 Å². The third-order valence-electron chi connectivity index (χ3n) is 3.29. The van der Waals surface area contributed by atoms with E-state index in [-0.39, 0.29) is 0 Å². The van der Waals surface area contributed by atoms with Crippen molar-refractivity contribution in [2.24, 2.45) is 0 Å². The van der Waals surface area contributed by atoms with E-state index in [9.17, 15) is 0 Å². The van der Waals surface area contributed by atoms with E-state index in [1.165, 1.54) is 5.56 Å². The Morgan fingerprint density at radius 1 is 1.20 bits per heavy atom. The minimum atomic E-state index is 0.888. The molecule has 0 aromatic carbocycles. The SMILES string of the molecule is CCCc1cc(CNCC)cc(-n2ccnc2CC)n1. The highest BCUT2D eigenvalue weighted by molar-refractivity contribution is 5.32. The van der Waals surface area contributed by atoms with Gasteiger partial charge in [-0.05, 0) is 30.7 Å². The zero-order valence-corrected chi connectivity index (χ0v) is 12.7. The first-order valence-electron chi connectivity index (χ1n) is 7.51. The van der Waals surface area contributed by atoms with E-state index in [1.807, 2.05) is 12.4 Å². The van der Waals surface area contributed by atoms with Crippen LogP contribution in [0.4, 0.5) is 0 Å². The fourth-order valence-electron chi connectivity index (χ4n) is 2.32. The number of aromatic nitrogens is 3. The Labute approximate surface area is 121 Å². The van der Waals surface area contributed by atoms with E-state index < -0.39 is 0 Å². The molecule has 1 N–H and O–H groups in total. The monoisotopic (exact) mass is 272 g/mol. The molecule has 0 aliphatic heterocycles. The third kappa shape index (κ3) is 3.45. The van der Waals surface area contributed by atoms with Gasteiger partial charge in [-0.25, -0.2) is 9.97 Å². The van der Waals surface area contributed by atoms with Crippen LogP contribution in [0.3, 0.4) is 0 Å². The molecule has 4 nitrogen and oxygen atoms in total. The van der Waals surface area contributed by atoms with E-state index in [0.717, 1.165) is 49.7 Å². The summed E-state index contributed by atoms with van der Waals surface area (Å²) in [5.41, 5.74) is 2.45. The molecule has 0 spiro atoms. The number of nitrogens with one attached hydrogen (secondary N) is 1. The van der Waals surface area contributed by atoms with Gasteiger partial charge in [0.1, 0.15) is 11.6 Å². The number of aryl methyl sites for hydroxylation is 2. The van der Waals surface area contributed by atoms with Gasteiger partial charge in [0.2, 0.25) is 0 Å². The molecule has 2 aromatic rings. The highest BCUT2D eigenvalue weighted by atomic mass is 15.1. The first-order valence-corrected chi connectivity index (χ1v) is 7.51. The summed E-state index contributed by atoms with van der Waals surface area (Å²) in [7, 11) is 0. The molecular formula is C16H24N4. The Morgan fingerprint density at radius 2 is 2.05 bits per heavy atom. The molecule has 20 heavy (non-hydrogen) atoms. The Morgan fingerprint density at radius 3 is 2.75 bits per heavy atom. The van der Waals surface area contributed by atoms with Gasteiger partial charge < -0.3 is 5.32 Å². The van der Waals surface area contributed by atoms with Crippen LogP contribution >= 0.6 is 0 Å². The van der Waals surface area contributed by atoms with Gasteiger partial charge in [-0.1, -0.05) is 27.2 Å². The number of hydrogen-bond acceptors (Lipinski definition) is 3. The molecule has 0 amide bonds. The Bertz CT molecular complexity index is 545. The van der Waals surface area contributed by atoms with Gasteiger partial charge in [-0.3, -0.25) is 4.57 Å². The average molecular weight is 272 g/mol. The summed E-state index contributed by atoms with van der Waals surface area (Å²) < 4.78 is 2.09. The lowest BCUT2D eigenvalue weighted by atomic mass is 10.1. The number of nitrogens with zero attached hydrogens (tertiary/aromatic N) is 3. The highest BCUT2D eigenvalue weighted by Crippen LogP contribution is 2.14. The van der Waals surface area contributed by atoms with E-state index in [0.29, 0.717) is 0 Å². The molecule has 0 bridgehead atoms. The molecule has 2 heterocycles. The molecule has 0 atom stereocenters. The molecule has 0 fully saturated rings. The smallest absolute Gasteiger partial charge is 0.138 e. The van der Waals surface area contributed by atoms with Crippen LogP contribution in [0.2, 0.25) is 0 Å². The highest BCUT2D eigenvalue weighted by Gasteiger charge is 2.07. The van der Waals surface area contributed by atoms with Crippen molar-refractivity contribution < 1.29 is 0 Å². The van der Waals surface area contributed by atoms with Crippen LogP contribution in [0.25, 0.3) is 5.82 Å². The van der Waals surface area contributed by atoms with E-state index in [2.05, 4.69) is 47.8 Å². The lowest BCUT2D eigenvalue weighted by Gasteiger charge is -2.11. The first kappa shape index (κ1) is 14.7. The zero-order valence-electron chi connectivity index (χ0n) is 12.7. The zero-order chi connectivity index (χ0) is 14.4. The largest absolute Gasteiger partial charge is 0.313 e. The van der Waals surface area contributed by atoms with Crippen LogP contribution in [0, 0.1) is 0 Å². The summed E-state index contributed by atoms with van der Waals surface area (Å²) in [5, 5.41) is 3.38. The fraction of sp³-hybridized carbons (Fsp3) is 0.500. The lowest BCUT2D eigenvalue weighted by molar-refractivity contribution is 0.720. The number of pyridine rings is 1. The van der Waals surface area contributed by atoms with Crippen LogP contribution < -0.4 is 5.32 Å². The van der Waals surface area contributed by atoms with Crippen LogP contribution in [0.5, 0.6) is 0 Å². The lowest BCUT2D eigenvalue weighted by Crippen LogP contribution is -2.13. The minimum absolute atomic E-state index is 0.888. The summed E-state index contributed by atoms with van der Waals surface area (Å²) in [5.74, 6) is 2.04. The number of rotatable bonds is 7. The summed E-state index contributed by atoms with van der Waals surface area (Å²) in [4.78, 5) is 9.16. The van der Waals surface area contributed by atoms with Crippen molar-refractivity contribution in [1.82, 2.24) is 19.9 Å². The molecular weight excluding hydrogens is 248 g/mol. The number of imidazole rings is 1. The van der Waals surface area contributed by atoms with Crippen molar-refractivity contribution in [2.75, 3.05) is 6.54 Å².